The summed E-state index contributed by atoms with van der Waals surface area (Å²) in [6.45, 7) is 10.5. The lowest BCUT2D eigenvalue weighted by molar-refractivity contribution is -0.126. The van der Waals surface area contributed by atoms with Crippen LogP contribution in [-0.4, -0.2) is 75.2 Å². The minimum Gasteiger partial charge on any atom is -0.394 e. The fourth-order valence-corrected chi connectivity index (χ4v) is 10.4. The minimum absolute atomic E-state index is 0.0195. The molecule has 6 heteroatoms. The summed E-state index contributed by atoms with van der Waals surface area (Å²) < 4.78 is 0. The molecule has 0 spiro atoms. The molecule has 0 radical (unpaired) electrons. The first kappa shape index (κ1) is 35.5. The van der Waals surface area contributed by atoms with Crippen molar-refractivity contribution in [3.8, 4) is 0 Å². The van der Waals surface area contributed by atoms with E-state index in [1.807, 2.05) is 36.4 Å². The van der Waals surface area contributed by atoms with Crippen molar-refractivity contribution >= 4 is 5.78 Å². The molecule has 4 bridgehead atoms. The Bertz CT molecular complexity index is 1470. The standard InChI is InChI=1S/C42H59NO5/c1-28-9-8-19-41(4)37(35-17-13-29(21-33(45)16-12-28)22-36(35)39(47)30-10-6-5-7-11-30)18-20-42(41,48)27-43(25-34(46)26-44)24-31-14-15-32-23-38(31)40(32,2)3/h5-7,9-11,13,17,22,31-34,37-38,44-46,48H,8,12,14-16,18-21,23-27H2,1-4H3. The molecule has 0 aromatic heterocycles. The lowest BCUT2D eigenvalue weighted by Gasteiger charge is -2.61. The zero-order chi connectivity index (χ0) is 34.3. The Morgan fingerprint density at radius 1 is 1.02 bits per heavy atom. The third-order valence-corrected chi connectivity index (χ3v) is 13.6. The molecule has 6 nitrogen and oxygen atoms in total. The number of nitrogens with zero attached hydrogens (tertiary/aromatic N) is 1. The van der Waals surface area contributed by atoms with Crippen LogP contribution >= 0.6 is 0 Å². The van der Waals surface area contributed by atoms with Crippen LogP contribution in [-0.2, 0) is 6.42 Å². The third kappa shape index (κ3) is 6.85. The van der Waals surface area contributed by atoms with E-state index in [4.69, 9.17) is 0 Å². The zero-order valence-corrected chi connectivity index (χ0v) is 29.7. The average molecular weight is 658 g/mol. The van der Waals surface area contributed by atoms with Crippen molar-refractivity contribution in [1.29, 1.82) is 0 Å². The smallest absolute Gasteiger partial charge is 0.193 e. The first-order chi connectivity index (χ1) is 22.8. The Hall–Kier alpha value is -2.35. The van der Waals surface area contributed by atoms with Gasteiger partial charge in [0.25, 0.3) is 0 Å². The average Bonchev–Trinajstić information content (AvgIpc) is 3.32. The van der Waals surface area contributed by atoms with Gasteiger partial charge in [-0.2, -0.15) is 0 Å². The summed E-state index contributed by atoms with van der Waals surface area (Å²) in [6.07, 6.45) is 9.51. The summed E-state index contributed by atoms with van der Waals surface area (Å²) in [6, 6.07) is 15.6. The molecule has 4 saturated carbocycles. The predicted molar refractivity (Wildman–Crippen MR) is 191 cm³/mol. The van der Waals surface area contributed by atoms with E-state index in [1.54, 1.807) is 0 Å². The van der Waals surface area contributed by atoms with E-state index in [9.17, 15) is 25.2 Å². The first-order valence-corrected chi connectivity index (χ1v) is 18.6. The number of ketones is 1. The van der Waals surface area contributed by atoms with Crippen LogP contribution in [0.5, 0.6) is 0 Å². The number of hydrogen-bond acceptors (Lipinski definition) is 6. The molecule has 0 heterocycles. The van der Waals surface area contributed by atoms with Crippen LogP contribution in [0.3, 0.4) is 0 Å². The molecule has 4 N–H and O–H groups in total. The molecule has 2 aromatic carbocycles. The second-order valence-electron chi connectivity index (χ2n) is 16.9. The topological polar surface area (TPSA) is 101 Å². The summed E-state index contributed by atoms with van der Waals surface area (Å²) in [7, 11) is 0. The van der Waals surface area contributed by atoms with Gasteiger partial charge in [-0.05, 0) is 117 Å². The van der Waals surface area contributed by atoms with Crippen molar-refractivity contribution in [2.45, 2.75) is 116 Å². The number of hydrogen-bond donors (Lipinski definition) is 4. The van der Waals surface area contributed by atoms with Crippen molar-refractivity contribution in [2.24, 2.45) is 28.6 Å². The first-order valence-electron chi connectivity index (χ1n) is 18.6. The summed E-state index contributed by atoms with van der Waals surface area (Å²) in [5.41, 5.74) is 3.25. The number of rotatable bonds is 9. The maximum atomic E-state index is 14.2. The van der Waals surface area contributed by atoms with Crippen LogP contribution in [0.1, 0.15) is 118 Å². The summed E-state index contributed by atoms with van der Waals surface area (Å²) >= 11 is 0. The summed E-state index contributed by atoms with van der Waals surface area (Å²) in [4.78, 5) is 16.5. The number of benzene rings is 2. The highest BCUT2D eigenvalue weighted by atomic mass is 16.3. The van der Waals surface area contributed by atoms with Gasteiger partial charge in [-0.15, -0.1) is 0 Å². The Morgan fingerprint density at radius 3 is 2.50 bits per heavy atom. The van der Waals surface area contributed by atoms with Gasteiger partial charge in [0.2, 0.25) is 0 Å². The van der Waals surface area contributed by atoms with E-state index >= 15 is 0 Å². The summed E-state index contributed by atoms with van der Waals surface area (Å²) in [5, 5.41) is 44.5. The second-order valence-corrected chi connectivity index (χ2v) is 16.9. The van der Waals surface area contributed by atoms with Gasteiger partial charge in [-0.1, -0.05) is 74.9 Å². The number of aliphatic hydroxyl groups excluding tert-OH is 3. The van der Waals surface area contributed by atoms with Crippen LogP contribution in [0.2, 0.25) is 0 Å². The molecule has 0 saturated heterocycles. The minimum atomic E-state index is -1.06. The molecule has 2 aromatic rings. The number of carbonyl (C=O) groups excluding carboxylic acids is 1. The van der Waals surface area contributed by atoms with Crippen LogP contribution in [0, 0.1) is 28.6 Å². The summed E-state index contributed by atoms with van der Waals surface area (Å²) in [5.74, 6) is 1.90. The quantitative estimate of drug-likeness (QED) is 0.177. The molecule has 0 aliphatic heterocycles. The highest BCUT2D eigenvalue weighted by Gasteiger charge is 2.58. The van der Waals surface area contributed by atoms with Crippen molar-refractivity contribution in [3.63, 3.8) is 0 Å². The largest absolute Gasteiger partial charge is 0.394 e. The van der Waals surface area contributed by atoms with Crippen molar-refractivity contribution < 1.29 is 25.2 Å². The molecule has 8 rings (SSSR count). The molecule has 8 atom stereocenters. The molecule has 6 aliphatic rings. The fraction of sp³-hybridized carbons (Fsp3) is 0.643. The number of fused-ring (bicyclic) bond motifs is 10. The Kier molecular flexibility index (Phi) is 10.4. The SMILES string of the molecule is CC1=CCCC2(C)C(CCC2(O)CN(CC(O)CO)CC2CCC3CC2C3(C)C)c2ccc(cc2C(=O)c2ccccc2)CC(O)CC1. The molecule has 8 unspecified atom stereocenters. The van der Waals surface area contributed by atoms with Gasteiger partial charge in [0, 0.05) is 36.2 Å². The van der Waals surface area contributed by atoms with Crippen molar-refractivity contribution in [1.82, 2.24) is 4.90 Å². The normalized spacial score (nSPS) is 33.8. The zero-order valence-electron chi connectivity index (χ0n) is 29.7. The Morgan fingerprint density at radius 2 is 1.79 bits per heavy atom. The molecular formula is C42H59NO5. The number of carbonyl (C=O) groups is 1. The van der Waals surface area contributed by atoms with E-state index in [-0.39, 0.29) is 18.3 Å². The van der Waals surface area contributed by atoms with Crippen LogP contribution in [0.4, 0.5) is 0 Å². The van der Waals surface area contributed by atoms with Gasteiger partial charge in [-0.3, -0.25) is 9.69 Å². The Balaban J connectivity index is 1.38. The third-order valence-electron chi connectivity index (χ3n) is 13.6. The van der Waals surface area contributed by atoms with E-state index in [1.165, 1.54) is 24.8 Å². The number of aliphatic hydroxyl groups is 4. The van der Waals surface area contributed by atoms with Gasteiger partial charge >= 0.3 is 0 Å². The van der Waals surface area contributed by atoms with Crippen LogP contribution in [0.25, 0.3) is 0 Å². The second kappa shape index (κ2) is 14.1. The van der Waals surface area contributed by atoms with E-state index < -0.39 is 23.2 Å². The number of allylic oxidation sites excluding steroid dienone is 2. The molecule has 0 amide bonds. The maximum absolute atomic E-state index is 14.2. The molecule has 48 heavy (non-hydrogen) atoms. The lowest BCUT2D eigenvalue weighted by Crippen LogP contribution is -2.58. The fourth-order valence-electron chi connectivity index (χ4n) is 10.4. The van der Waals surface area contributed by atoms with Crippen molar-refractivity contribution in [3.05, 3.63) is 82.4 Å². The highest BCUT2D eigenvalue weighted by molar-refractivity contribution is 6.10. The predicted octanol–water partition coefficient (Wildman–Crippen LogP) is 6.68. The van der Waals surface area contributed by atoms with Crippen LogP contribution < -0.4 is 0 Å². The van der Waals surface area contributed by atoms with Gasteiger partial charge in [0.15, 0.2) is 5.78 Å². The van der Waals surface area contributed by atoms with Gasteiger partial charge in [-0.25, -0.2) is 0 Å². The van der Waals surface area contributed by atoms with Gasteiger partial charge in [0.05, 0.1) is 24.4 Å². The molecule has 262 valence electrons. The molecule has 6 aliphatic carbocycles. The molecular weight excluding hydrogens is 598 g/mol. The van der Waals surface area contributed by atoms with Gasteiger partial charge < -0.3 is 20.4 Å². The Labute approximate surface area is 288 Å². The van der Waals surface area contributed by atoms with E-state index in [0.29, 0.717) is 60.7 Å². The van der Waals surface area contributed by atoms with E-state index in [0.717, 1.165) is 49.3 Å². The highest BCUT2D eigenvalue weighted by Crippen LogP contribution is 2.62. The monoisotopic (exact) mass is 657 g/mol. The van der Waals surface area contributed by atoms with E-state index in [2.05, 4.69) is 50.8 Å². The van der Waals surface area contributed by atoms with Gasteiger partial charge in [0.1, 0.15) is 0 Å². The van der Waals surface area contributed by atoms with Crippen LogP contribution in [0.15, 0.2) is 60.2 Å². The lowest BCUT2D eigenvalue weighted by atomic mass is 9.45. The van der Waals surface area contributed by atoms with Crippen molar-refractivity contribution in [2.75, 3.05) is 26.2 Å². The maximum Gasteiger partial charge on any atom is 0.193 e. The molecule has 4 fully saturated rings.